The van der Waals surface area contributed by atoms with Crippen molar-refractivity contribution in [3.63, 3.8) is 0 Å². The molecule has 23 heavy (non-hydrogen) atoms. The summed E-state index contributed by atoms with van der Waals surface area (Å²) in [7, 11) is -0.696. The van der Waals surface area contributed by atoms with Crippen molar-refractivity contribution < 1.29 is 23.9 Å². The number of hydrogen-bond acceptors (Lipinski definition) is 5. The molecule has 0 radical (unpaired) electrons. The maximum Gasteiger partial charge on any atom is 0.499 e. The summed E-state index contributed by atoms with van der Waals surface area (Å²) >= 11 is 0. The lowest BCUT2D eigenvalue weighted by Crippen LogP contribution is -2.41. The van der Waals surface area contributed by atoms with Gasteiger partial charge in [-0.25, -0.2) is 0 Å². The van der Waals surface area contributed by atoms with E-state index < -0.39 is 23.9 Å². The van der Waals surface area contributed by atoms with Gasteiger partial charge in [0.2, 0.25) is 0 Å². The monoisotopic (exact) mass is 320 g/mol. The van der Waals surface area contributed by atoms with Gasteiger partial charge in [0.05, 0.1) is 16.8 Å². The van der Waals surface area contributed by atoms with Crippen molar-refractivity contribution in [2.45, 2.75) is 58.3 Å². The molecule has 0 bridgehead atoms. The van der Waals surface area contributed by atoms with Crippen LogP contribution in [-0.4, -0.2) is 41.9 Å². The first-order chi connectivity index (χ1) is 10.5. The van der Waals surface area contributed by atoms with Crippen molar-refractivity contribution in [1.82, 2.24) is 0 Å². The number of benzene rings is 1. The van der Waals surface area contributed by atoms with Crippen molar-refractivity contribution in [1.29, 1.82) is 0 Å². The van der Waals surface area contributed by atoms with Crippen molar-refractivity contribution in [3.05, 3.63) is 23.8 Å². The molecule has 1 fully saturated rings. The van der Waals surface area contributed by atoms with E-state index in [1.807, 2.05) is 27.7 Å². The van der Waals surface area contributed by atoms with E-state index in [0.29, 0.717) is 16.8 Å². The highest BCUT2D eigenvalue weighted by Crippen LogP contribution is 2.37. The van der Waals surface area contributed by atoms with E-state index in [1.165, 1.54) is 0 Å². The predicted octanol–water partition coefficient (Wildman–Crippen LogP) is 1.95. The first-order valence-electron chi connectivity index (χ1n) is 7.76. The lowest BCUT2D eigenvalue weighted by molar-refractivity contribution is 0.00578. The van der Waals surface area contributed by atoms with Gasteiger partial charge < -0.3 is 19.2 Å². The van der Waals surface area contributed by atoms with E-state index in [2.05, 4.69) is 0 Å². The Kier molecular flexibility index (Phi) is 4.63. The van der Waals surface area contributed by atoms with Crippen LogP contribution in [0.2, 0.25) is 0 Å². The highest BCUT2D eigenvalue weighted by Gasteiger charge is 2.53. The van der Waals surface area contributed by atoms with E-state index in [4.69, 9.17) is 14.0 Å². The number of ether oxygens (including phenoxy) is 1. The third kappa shape index (κ3) is 3.76. The molecular formula is C17H25BO5. The van der Waals surface area contributed by atoms with Gasteiger partial charge in [-0.3, -0.25) is 4.79 Å². The van der Waals surface area contributed by atoms with Gasteiger partial charge in [0.1, 0.15) is 18.6 Å². The van der Waals surface area contributed by atoms with E-state index in [0.717, 1.165) is 6.29 Å². The zero-order valence-electron chi connectivity index (χ0n) is 14.7. The fraction of sp³-hybridized carbons (Fsp3) is 0.588. The van der Waals surface area contributed by atoms with Crippen LogP contribution in [0, 0.1) is 0 Å². The number of aliphatic hydroxyl groups is 1. The zero-order chi connectivity index (χ0) is 17.5. The lowest BCUT2D eigenvalue weighted by atomic mass is 9.75. The molecular weight excluding hydrogens is 295 g/mol. The molecule has 0 atom stereocenters. The minimum Gasteiger partial charge on any atom is -0.491 e. The van der Waals surface area contributed by atoms with E-state index in [-0.39, 0.29) is 6.61 Å². The summed E-state index contributed by atoms with van der Waals surface area (Å²) in [6.45, 7) is 11.2. The van der Waals surface area contributed by atoms with Gasteiger partial charge in [0.25, 0.3) is 0 Å². The molecule has 0 aromatic heterocycles. The Morgan fingerprint density at radius 1 is 1.22 bits per heavy atom. The van der Waals surface area contributed by atoms with Crippen LogP contribution in [0.1, 0.15) is 51.9 Å². The molecule has 1 saturated heterocycles. The highest BCUT2D eigenvalue weighted by atomic mass is 16.7. The molecule has 1 aliphatic rings. The fourth-order valence-electron chi connectivity index (χ4n) is 2.26. The molecule has 1 aromatic rings. The third-order valence-corrected chi connectivity index (χ3v) is 4.30. The summed E-state index contributed by atoms with van der Waals surface area (Å²) in [4.78, 5) is 11.4. The maximum absolute atomic E-state index is 11.4. The van der Waals surface area contributed by atoms with Crippen LogP contribution >= 0.6 is 0 Å². The summed E-state index contributed by atoms with van der Waals surface area (Å²) < 4.78 is 17.8. The Morgan fingerprint density at radius 2 is 1.78 bits per heavy atom. The van der Waals surface area contributed by atoms with Gasteiger partial charge in [-0.15, -0.1) is 0 Å². The molecule has 0 unspecified atom stereocenters. The molecule has 0 aliphatic carbocycles. The minimum absolute atomic E-state index is 0.0990. The number of aldehydes is 1. The molecule has 0 saturated carbocycles. The first-order valence-corrected chi connectivity index (χ1v) is 7.76. The Hall–Kier alpha value is -1.37. The van der Waals surface area contributed by atoms with Crippen LogP contribution < -0.4 is 10.2 Å². The summed E-state index contributed by atoms with van der Waals surface area (Å²) in [5.74, 6) is 0.482. The molecule has 0 amide bonds. The van der Waals surface area contributed by atoms with Crippen LogP contribution in [0.4, 0.5) is 0 Å². The molecule has 6 heteroatoms. The van der Waals surface area contributed by atoms with E-state index in [1.54, 1.807) is 32.0 Å². The third-order valence-electron chi connectivity index (χ3n) is 4.30. The van der Waals surface area contributed by atoms with Crippen LogP contribution in [0.25, 0.3) is 0 Å². The lowest BCUT2D eigenvalue weighted by Gasteiger charge is -2.32. The zero-order valence-corrected chi connectivity index (χ0v) is 14.7. The molecule has 5 nitrogen and oxygen atoms in total. The topological polar surface area (TPSA) is 65.0 Å². The SMILES string of the molecule is CC(C)(O)COc1cccc(C=O)c1B1OC(C)(C)C(C)(C)O1. The first kappa shape index (κ1) is 18.0. The Balaban J connectivity index is 2.39. The second-order valence-electron chi connectivity index (χ2n) is 7.57. The summed E-state index contributed by atoms with van der Waals surface area (Å²) in [5.41, 5.74) is -0.991. The largest absolute Gasteiger partial charge is 0.499 e. The van der Waals surface area contributed by atoms with Gasteiger partial charge in [-0.2, -0.15) is 0 Å². The number of carbonyl (C=O) groups excluding carboxylic acids is 1. The van der Waals surface area contributed by atoms with Gasteiger partial charge in [-0.1, -0.05) is 12.1 Å². The Bertz CT molecular complexity index is 573. The van der Waals surface area contributed by atoms with Crippen molar-refractivity contribution in [3.8, 4) is 5.75 Å². The number of carbonyl (C=O) groups is 1. The van der Waals surface area contributed by atoms with Gasteiger partial charge >= 0.3 is 7.12 Å². The van der Waals surface area contributed by atoms with E-state index >= 15 is 0 Å². The van der Waals surface area contributed by atoms with Gasteiger partial charge in [0.15, 0.2) is 0 Å². The standard InChI is InChI=1S/C17H25BO5/c1-15(2,20)11-21-13-9-7-8-12(10-19)14(13)18-22-16(3,4)17(5,6)23-18/h7-10,20H,11H2,1-6H3. The smallest absolute Gasteiger partial charge is 0.491 e. The Labute approximate surface area is 138 Å². The van der Waals surface area contributed by atoms with Crippen LogP contribution in [0.15, 0.2) is 18.2 Å². The van der Waals surface area contributed by atoms with Crippen LogP contribution in [0.3, 0.4) is 0 Å². The number of hydrogen-bond donors (Lipinski definition) is 1. The fourth-order valence-corrected chi connectivity index (χ4v) is 2.26. The molecule has 126 valence electrons. The van der Waals surface area contributed by atoms with Crippen LogP contribution in [-0.2, 0) is 9.31 Å². The maximum atomic E-state index is 11.4. The van der Waals surface area contributed by atoms with Crippen molar-refractivity contribution in [2.75, 3.05) is 6.61 Å². The average molecular weight is 320 g/mol. The molecule has 2 rings (SSSR count). The molecule has 1 aromatic carbocycles. The molecule has 1 heterocycles. The van der Waals surface area contributed by atoms with Gasteiger partial charge in [0, 0.05) is 11.0 Å². The second kappa shape index (κ2) is 5.93. The number of rotatable bonds is 5. The summed E-state index contributed by atoms with van der Waals surface area (Å²) in [6, 6.07) is 5.18. The Morgan fingerprint density at radius 3 is 2.26 bits per heavy atom. The molecule has 0 spiro atoms. The highest BCUT2D eigenvalue weighted by molar-refractivity contribution is 6.64. The molecule has 1 aliphatic heterocycles. The second-order valence-corrected chi connectivity index (χ2v) is 7.57. The molecule has 1 N–H and O–H groups in total. The minimum atomic E-state index is -0.982. The predicted molar refractivity (Wildman–Crippen MR) is 89.3 cm³/mol. The quantitative estimate of drug-likeness (QED) is 0.663. The summed E-state index contributed by atoms with van der Waals surface area (Å²) in [6.07, 6.45) is 0.761. The average Bonchev–Trinajstić information content (AvgIpc) is 2.63. The van der Waals surface area contributed by atoms with E-state index in [9.17, 15) is 9.90 Å². The van der Waals surface area contributed by atoms with Gasteiger partial charge in [-0.05, 0) is 47.6 Å². The van der Waals surface area contributed by atoms with Crippen molar-refractivity contribution in [2.24, 2.45) is 0 Å². The van der Waals surface area contributed by atoms with Crippen molar-refractivity contribution >= 4 is 18.9 Å². The van der Waals surface area contributed by atoms with Crippen LogP contribution in [0.5, 0.6) is 5.75 Å². The normalized spacial score (nSPS) is 19.7. The summed E-state index contributed by atoms with van der Waals surface area (Å²) in [5, 5.41) is 9.87.